The van der Waals surface area contributed by atoms with E-state index < -0.39 is 11.9 Å². The number of thiazole rings is 1. The minimum atomic E-state index is -0.435. The molecule has 1 amide bonds. The van der Waals surface area contributed by atoms with Crippen molar-refractivity contribution in [2.45, 2.75) is 6.42 Å². The molecule has 2 heterocycles. The minimum Gasteiger partial charge on any atom is -0.469 e. The van der Waals surface area contributed by atoms with Crippen LogP contribution in [0.1, 0.15) is 16.1 Å². The summed E-state index contributed by atoms with van der Waals surface area (Å²) in [4.78, 5) is 40.6. The molecule has 2 rings (SSSR count). The van der Waals surface area contributed by atoms with Gasteiger partial charge in [-0.1, -0.05) is 0 Å². The van der Waals surface area contributed by atoms with E-state index in [0.29, 0.717) is 10.8 Å². The summed E-state index contributed by atoms with van der Waals surface area (Å²) in [5.41, 5.74) is 0.393. The molecule has 0 atom stereocenters. The van der Waals surface area contributed by atoms with E-state index in [4.69, 9.17) is 0 Å². The Morgan fingerprint density at radius 3 is 3.00 bits per heavy atom. The number of ether oxygens (including phenoxy) is 1. The largest absolute Gasteiger partial charge is 0.469 e. The van der Waals surface area contributed by atoms with Gasteiger partial charge in [-0.15, -0.1) is 11.3 Å². The number of carbonyl (C=O) groups excluding carboxylic acids is 2. The molecular formula is C12H11N3O4S. The number of rotatable bonds is 4. The lowest BCUT2D eigenvalue weighted by Gasteiger charge is -2.00. The smallest absolute Gasteiger partial charge is 0.311 e. The molecule has 0 aliphatic heterocycles. The van der Waals surface area contributed by atoms with Gasteiger partial charge in [0.1, 0.15) is 0 Å². The van der Waals surface area contributed by atoms with Crippen LogP contribution in [-0.4, -0.2) is 29.0 Å². The van der Waals surface area contributed by atoms with Gasteiger partial charge in [0.2, 0.25) is 5.56 Å². The van der Waals surface area contributed by atoms with Crippen LogP contribution >= 0.6 is 11.3 Å². The molecule has 0 saturated heterocycles. The number of nitrogens with zero attached hydrogens (tertiary/aromatic N) is 1. The summed E-state index contributed by atoms with van der Waals surface area (Å²) < 4.78 is 4.53. The number of esters is 1. The molecule has 7 nitrogen and oxygen atoms in total. The number of pyridine rings is 1. The Kier molecular flexibility index (Phi) is 4.26. The van der Waals surface area contributed by atoms with Crippen molar-refractivity contribution in [3.63, 3.8) is 0 Å². The first kappa shape index (κ1) is 13.9. The van der Waals surface area contributed by atoms with Crippen molar-refractivity contribution < 1.29 is 14.3 Å². The van der Waals surface area contributed by atoms with Crippen LogP contribution in [0.25, 0.3) is 0 Å². The Morgan fingerprint density at radius 2 is 2.30 bits per heavy atom. The third-order valence-corrected chi connectivity index (χ3v) is 3.17. The van der Waals surface area contributed by atoms with Crippen molar-refractivity contribution in [3.05, 3.63) is 45.3 Å². The number of hydrogen-bond donors (Lipinski definition) is 2. The van der Waals surface area contributed by atoms with Gasteiger partial charge in [0.15, 0.2) is 5.13 Å². The van der Waals surface area contributed by atoms with Crippen molar-refractivity contribution >= 4 is 28.3 Å². The van der Waals surface area contributed by atoms with E-state index in [9.17, 15) is 14.4 Å². The van der Waals surface area contributed by atoms with Crippen molar-refractivity contribution in [1.29, 1.82) is 0 Å². The number of carbonyl (C=O) groups is 2. The standard InChI is InChI=1S/C12H11N3O4S/c1-19-10(17)5-8-6-20-12(14-8)15-11(18)7-2-3-13-9(16)4-7/h2-4,6H,5H2,1H3,(H,13,16)(H,14,15,18). The summed E-state index contributed by atoms with van der Waals surface area (Å²) >= 11 is 1.19. The fourth-order valence-corrected chi connectivity index (χ4v) is 2.13. The highest BCUT2D eigenvalue weighted by Gasteiger charge is 2.11. The van der Waals surface area contributed by atoms with E-state index >= 15 is 0 Å². The summed E-state index contributed by atoms with van der Waals surface area (Å²) in [7, 11) is 1.30. The number of amides is 1. The second-order valence-corrected chi connectivity index (χ2v) is 4.65. The molecule has 20 heavy (non-hydrogen) atoms. The van der Waals surface area contributed by atoms with Gasteiger partial charge < -0.3 is 9.72 Å². The first-order chi connectivity index (χ1) is 9.58. The zero-order chi connectivity index (χ0) is 14.5. The monoisotopic (exact) mass is 293 g/mol. The zero-order valence-electron chi connectivity index (χ0n) is 10.5. The van der Waals surface area contributed by atoms with Gasteiger partial charge in [-0.05, 0) is 6.07 Å². The molecule has 0 bridgehead atoms. The van der Waals surface area contributed by atoms with Gasteiger partial charge in [0.25, 0.3) is 5.91 Å². The highest BCUT2D eigenvalue weighted by atomic mass is 32.1. The Balaban J connectivity index is 2.05. The van der Waals surface area contributed by atoms with Crippen LogP contribution in [0.15, 0.2) is 28.5 Å². The molecule has 2 aromatic heterocycles. The van der Waals surface area contributed by atoms with Gasteiger partial charge in [-0.25, -0.2) is 4.98 Å². The molecule has 2 aromatic rings. The molecule has 0 unspecified atom stereocenters. The van der Waals surface area contributed by atoms with E-state index in [1.807, 2.05) is 0 Å². The normalized spacial score (nSPS) is 10.1. The number of nitrogens with one attached hydrogen (secondary N) is 2. The maximum atomic E-state index is 11.9. The molecule has 104 valence electrons. The number of methoxy groups -OCH3 is 1. The lowest BCUT2D eigenvalue weighted by atomic mass is 10.2. The lowest BCUT2D eigenvalue weighted by Crippen LogP contribution is -2.15. The number of aromatic nitrogens is 2. The average Bonchev–Trinajstić information content (AvgIpc) is 2.85. The molecule has 0 aliphatic rings. The molecule has 0 radical (unpaired) electrons. The topological polar surface area (TPSA) is 101 Å². The number of aromatic amines is 1. The summed E-state index contributed by atoms with van der Waals surface area (Å²) in [5, 5.41) is 4.57. The Morgan fingerprint density at radius 1 is 1.50 bits per heavy atom. The third kappa shape index (κ3) is 3.51. The third-order valence-electron chi connectivity index (χ3n) is 2.36. The van der Waals surface area contributed by atoms with Gasteiger partial charge in [0, 0.05) is 23.2 Å². The molecule has 0 aliphatic carbocycles. The molecule has 2 N–H and O–H groups in total. The van der Waals surface area contributed by atoms with E-state index in [1.54, 1.807) is 5.38 Å². The van der Waals surface area contributed by atoms with Gasteiger partial charge >= 0.3 is 5.97 Å². The molecule has 8 heteroatoms. The van der Waals surface area contributed by atoms with E-state index in [1.165, 1.54) is 36.8 Å². The fourth-order valence-electron chi connectivity index (χ4n) is 1.42. The van der Waals surface area contributed by atoms with Crippen molar-refractivity contribution in [2.75, 3.05) is 12.4 Å². The van der Waals surface area contributed by atoms with Crippen molar-refractivity contribution in [2.24, 2.45) is 0 Å². The highest BCUT2D eigenvalue weighted by Crippen LogP contribution is 2.16. The maximum absolute atomic E-state index is 11.9. The number of hydrogen-bond acceptors (Lipinski definition) is 6. The van der Waals surface area contributed by atoms with Crippen LogP contribution < -0.4 is 10.9 Å². The van der Waals surface area contributed by atoms with Crippen LogP contribution in [0.2, 0.25) is 0 Å². The van der Waals surface area contributed by atoms with E-state index in [0.717, 1.165) is 0 Å². The highest BCUT2D eigenvalue weighted by molar-refractivity contribution is 7.14. The molecule has 0 spiro atoms. The van der Waals surface area contributed by atoms with Crippen LogP contribution in [0.5, 0.6) is 0 Å². The fraction of sp³-hybridized carbons (Fsp3) is 0.167. The Bertz CT molecular complexity index is 692. The first-order valence-electron chi connectivity index (χ1n) is 5.60. The number of H-pyrrole nitrogens is 1. The lowest BCUT2D eigenvalue weighted by molar-refractivity contribution is -0.139. The molecule has 0 saturated carbocycles. The Labute approximate surface area is 117 Å². The van der Waals surface area contributed by atoms with Gasteiger partial charge in [-0.3, -0.25) is 19.7 Å². The van der Waals surface area contributed by atoms with E-state index in [2.05, 4.69) is 20.0 Å². The van der Waals surface area contributed by atoms with E-state index in [-0.39, 0.29) is 17.5 Å². The predicted octanol–water partition coefficient (Wildman–Crippen LogP) is 0.799. The summed E-state index contributed by atoms with van der Waals surface area (Å²) in [5.74, 6) is -0.835. The summed E-state index contributed by atoms with van der Waals surface area (Å²) in [6, 6.07) is 2.68. The first-order valence-corrected chi connectivity index (χ1v) is 6.48. The minimum absolute atomic E-state index is 0.0495. The zero-order valence-corrected chi connectivity index (χ0v) is 11.3. The van der Waals surface area contributed by atoms with Gasteiger partial charge in [-0.2, -0.15) is 0 Å². The average molecular weight is 293 g/mol. The van der Waals surface area contributed by atoms with Crippen LogP contribution in [-0.2, 0) is 16.0 Å². The molecular weight excluding hydrogens is 282 g/mol. The summed E-state index contributed by atoms with van der Waals surface area (Å²) in [6.07, 6.45) is 1.44. The maximum Gasteiger partial charge on any atom is 0.311 e. The molecule has 0 aromatic carbocycles. The number of anilines is 1. The van der Waals surface area contributed by atoms with Crippen LogP contribution in [0.3, 0.4) is 0 Å². The SMILES string of the molecule is COC(=O)Cc1csc(NC(=O)c2cc[nH]c(=O)c2)n1. The predicted molar refractivity (Wildman–Crippen MR) is 72.8 cm³/mol. The second kappa shape index (κ2) is 6.11. The molecule has 0 fully saturated rings. The van der Waals surface area contributed by atoms with Crippen molar-refractivity contribution in [1.82, 2.24) is 9.97 Å². The quantitative estimate of drug-likeness (QED) is 0.812. The Hall–Kier alpha value is -2.48. The van der Waals surface area contributed by atoms with Gasteiger partial charge in [0.05, 0.1) is 19.2 Å². The summed E-state index contributed by atoms with van der Waals surface area (Å²) in [6.45, 7) is 0. The second-order valence-electron chi connectivity index (χ2n) is 3.79. The van der Waals surface area contributed by atoms with Crippen LogP contribution in [0, 0.1) is 0 Å². The van der Waals surface area contributed by atoms with Crippen molar-refractivity contribution in [3.8, 4) is 0 Å². The van der Waals surface area contributed by atoms with Crippen LogP contribution in [0.4, 0.5) is 5.13 Å².